The number of piperazine rings is 1. The first kappa shape index (κ1) is 21.1. The van der Waals surface area contributed by atoms with E-state index in [1.807, 2.05) is 0 Å². The highest BCUT2D eigenvalue weighted by Gasteiger charge is 2.31. The maximum Gasteiger partial charge on any atom is 0.225 e. The van der Waals surface area contributed by atoms with Crippen LogP contribution in [-0.4, -0.2) is 72.0 Å². The first-order valence-corrected chi connectivity index (χ1v) is 11.6. The van der Waals surface area contributed by atoms with E-state index in [1.165, 1.54) is 51.7 Å². The molecule has 0 aromatic heterocycles. The van der Waals surface area contributed by atoms with Gasteiger partial charge in [-0.15, -0.1) is 0 Å². The van der Waals surface area contributed by atoms with Crippen molar-refractivity contribution >= 4 is 5.91 Å². The Kier molecular flexibility index (Phi) is 7.24. The van der Waals surface area contributed by atoms with Crippen molar-refractivity contribution in [1.29, 1.82) is 0 Å². The van der Waals surface area contributed by atoms with Crippen LogP contribution in [0.2, 0.25) is 0 Å². The Hall–Kier alpha value is -0.610. The van der Waals surface area contributed by atoms with Gasteiger partial charge < -0.3 is 4.90 Å². The van der Waals surface area contributed by atoms with E-state index >= 15 is 0 Å². The molecule has 2 heterocycles. The van der Waals surface area contributed by atoms with Gasteiger partial charge in [0.15, 0.2) is 0 Å². The summed E-state index contributed by atoms with van der Waals surface area (Å²) >= 11 is 0. The summed E-state index contributed by atoms with van der Waals surface area (Å²) in [4.78, 5) is 20.2. The Labute approximate surface area is 167 Å². The lowest BCUT2D eigenvalue weighted by Crippen LogP contribution is -2.51. The second kappa shape index (κ2) is 9.26. The number of rotatable bonds is 4. The van der Waals surface area contributed by atoms with E-state index in [1.54, 1.807) is 0 Å². The van der Waals surface area contributed by atoms with Gasteiger partial charge in [0.1, 0.15) is 0 Å². The number of hydrogen-bond donors (Lipinski definition) is 0. The normalized spacial score (nSPS) is 29.9. The molecular formula is C23H43N3O. The van der Waals surface area contributed by atoms with Crippen molar-refractivity contribution in [3.63, 3.8) is 0 Å². The van der Waals surface area contributed by atoms with Gasteiger partial charge in [0.2, 0.25) is 5.91 Å². The van der Waals surface area contributed by atoms with Crippen LogP contribution in [0, 0.1) is 17.8 Å². The Morgan fingerprint density at radius 3 is 2.00 bits per heavy atom. The molecule has 3 fully saturated rings. The summed E-state index contributed by atoms with van der Waals surface area (Å²) in [5.41, 5.74) is 0.324. The SMILES string of the molecule is CC1CCC(C(=O)N2CCN(CCC3CCN(C(C)(C)C)CC3)CC2)CC1. The number of nitrogens with zero attached hydrogens (tertiary/aromatic N) is 3. The van der Waals surface area contributed by atoms with Crippen LogP contribution in [0.4, 0.5) is 0 Å². The molecule has 1 saturated carbocycles. The van der Waals surface area contributed by atoms with Crippen LogP contribution in [0.15, 0.2) is 0 Å². The lowest BCUT2D eigenvalue weighted by molar-refractivity contribution is -0.138. The van der Waals surface area contributed by atoms with E-state index in [2.05, 4.69) is 42.4 Å². The average molecular weight is 378 g/mol. The summed E-state index contributed by atoms with van der Waals surface area (Å²) in [7, 11) is 0. The van der Waals surface area contributed by atoms with Crippen molar-refractivity contribution < 1.29 is 4.79 Å². The van der Waals surface area contributed by atoms with Crippen LogP contribution in [-0.2, 0) is 4.79 Å². The van der Waals surface area contributed by atoms with Gasteiger partial charge in [-0.3, -0.25) is 14.6 Å². The zero-order valence-corrected chi connectivity index (χ0v) is 18.4. The molecule has 0 aromatic carbocycles. The van der Waals surface area contributed by atoms with Gasteiger partial charge in [-0.2, -0.15) is 0 Å². The fraction of sp³-hybridized carbons (Fsp3) is 0.957. The zero-order chi connectivity index (χ0) is 19.4. The van der Waals surface area contributed by atoms with Gasteiger partial charge >= 0.3 is 0 Å². The zero-order valence-electron chi connectivity index (χ0n) is 18.4. The molecule has 2 saturated heterocycles. The molecule has 1 amide bonds. The molecule has 0 unspecified atom stereocenters. The van der Waals surface area contributed by atoms with Crippen molar-refractivity contribution in [2.24, 2.45) is 17.8 Å². The van der Waals surface area contributed by atoms with Crippen molar-refractivity contribution in [3.05, 3.63) is 0 Å². The van der Waals surface area contributed by atoms with E-state index in [9.17, 15) is 4.79 Å². The Bertz CT molecular complexity index is 463. The highest BCUT2D eigenvalue weighted by Crippen LogP contribution is 2.30. The van der Waals surface area contributed by atoms with E-state index < -0.39 is 0 Å². The quantitative estimate of drug-likeness (QED) is 0.744. The van der Waals surface area contributed by atoms with Crippen molar-refractivity contribution in [1.82, 2.24) is 14.7 Å². The molecule has 0 radical (unpaired) electrons. The molecule has 0 N–H and O–H groups in total. The highest BCUT2D eigenvalue weighted by molar-refractivity contribution is 5.79. The topological polar surface area (TPSA) is 26.8 Å². The lowest BCUT2D eigenvalue weighted by atomic mass is 9.82. The maximum absolute atomic E-state index is 12.8. The number of amides is 1. The van der Waals surface area contributed by atoms with Crippen molar-refractivity contribution in [2.75, 3.05) is 45.8 Å². The largest absolute Gasteiger partial charge is 0.340 e. The highest BCUT2D eigenvalue weighted by atomic mass is 16.2. The fourth-order valence-corrected chi connectivity index (χ4v) is 5.21. The molecule has 4 heteroatoms. The number of carbonyl (C=O) groups excluding carboxylic acids is 1. The van der Waals surface area contributed by atoms with Gasteiger partial charge in [-0.25, -0.2) is 0 Å². The summed E-state index contributed by atoms with van der Waals surface area (Å²) in [6, 6.07) is 0. The van der Waals surface area contributed by atoms with Gasteiger partial charge in [0.05, 0.1) is 0 Å². The summed E-state index contributed by atoms with van der Waals surface area (Å²) in [6.45, 7) is 17.1. The Balaban J connectivity index is 1.32. The van der Waals surface area contributed by atoms with Gasteiger partial charge in [-0.05, 0) is 97.2 Å². The molecule has 0 bridgehead atoms. The lowest BCUT2D eigenvalue weighted by Gasteiger charge is -2.42. The van der Waals surface area contributed by atoms with Crippen LogP contribution in [0.25, 0.3) is 0 Å². The van der Waals surface area contributed by atoms with Gasteiger partial charge in [-0.1, -0.05) is 6.92 Å². The van der Waals surface area contributed by atoms with Crippen molar-refractivity contribution in [2.45, 2.75) is 78.2 Å². The predicted molar refractivity (Wildman–Crippen MR) is 113 cm³/mol. The second-order valence-corrected chi connectivity index (χ2v) is 10.5. The van der Waals surface area contributed by atoms with Crippen LogP contribution in [0.1, 0.15) is 72.6 Å². The third kappa shape index (κ3) is 5.93. The first-order valence-electron chi connectivity index (χ1n) is 11.6. The summed E-state index contributed by atoms with van der Waals surface area (Å²) in [5.74, 6) is 2.49. The third-order valence-corrected chi connectivity index (χ3v) is 7.47. The van der Waals surface area contributed by atoms with Crippen molar-refractivity contribution in [3.8, 4) is 0 Å². The second-order valence-electron chi connectivity index (χ2n) is 10.5. The standard InChI is InChI=1S/C23H43N3O/c1-19-5-7-21(8-6-19)22(27)25-17-15-24(16-18-25)12-9-20-10-13-26(14-11-20)23(2,3)4/h19-21H,5-18H2,1-4H3. The maximum atomic E-state index is 12.8. The Morgan fingerprint density at radius 1 is 0.852 bits per heavy atom. The molecule has 156 valence electrons. The predicted octanol–water partition coefficient (Wildman–Crippen LogP) is 3.86. The monoisotopic (exact) mass is 377 g/mol. The molecule has 0 aromatic rings. The number of piperidine rings is 1. The molecule has 3 rings (SSSR count). The smallest absolute Gasteiger partial charge is 0.225 e. The number of likely N-dealkylation sites (tertiary alicyclic amines) is 1. The number of hydrogen-bond acceptors (Lipinski definition) is 3. The summed E-state index contributed by atoms with van der Waals surface area (Å²) in [5, 5.41) is 0. The van der Waals surface area contributed by atoms with E-state index in [4.69, 9.17) is 0 Å². The van der Waals surface area contributed by atoms with Crippen LogP contribution in [0.3, 0.4) is 0 Å². The molecular weight excluding hydrogens is 334 g/mol. The molecule has 0 spiro atoms. The van der Waals surface area contributed by atoms with Gasteiger partial charge in [0.25, 0.3) is 0 Å². The molecule has 1 aliphatic carbocycles. The van der Waals surface area contributed by atoms with E-state index in [0.717, 1.165) is 50.9 Å². The van der Waals surface area contributed by atoms with Crippen LogP contribution < -0.4 is 0 Å². The van der Waals surface area contributed by atoms with E-state index in [0.29, 0.717) is 17.4 Å². The molecule has 4 nitrogen and oxygen atoms in total. The Morgan fingerprint density at radius 2 is 1.44 bits per heavy atom. The first-order chi connectivity index (χ1) is 12.8. The molecule has 0 atom stereocenters. The molecule has 27 heavy (non-hydrogen) atoms. The molecule has 2 aliphatic heterocycles. The van der Waals surface area contributed by atoms with Crippen LogP contribution in [0.5, 0.6) is 0 Å². The molecule has 3 aliphatic rings. The minimum Gasteiger partial charge on any atom is -0.340 e. The van der Waals surface area contributed by atoms with E-state index in [-0.39, 0.29) is 0 Å². The van der Waals surface area contributed by atoms with Crippen LogP contribution >= 0.6 is 0 Å². The fourth-order valence-electron chi connectivity index (χ4n) is 5.21. The summed E-state index contributed by atoms with van der Waals surface area (Å²) < 4.78 is 0. The third-order valence-electron chi connectivity index (χ3n) is 7.47. The minimum atomic E-state index is 0.320. The minimum absolute atomic E-state index is 0.320. The van der Waals surface area contributed by atoms with Gasteiger partial charge in [0, 0.05) is 37.6 Å². The average Bonchev–Trinajstić information content (AvgIpc) is 2.66. The summed E-state index contributed by atoms with van der Waals surface area (Å²) in [6.07, 6.45) is 8.77. The number of carbonyl (C=O) groups is 1.